The fraction of sp³-hybridized carbons (Fsp3) is 0.545. The normalized spacial score (nSPS) is 17.7. The van der Waals surface area contributed by atoms with Crippen LogP contribution in [0.3, 0.4) is 0 Å². The van der Waals surface area contributed by atoms with Crippen LogP contribution in [0.1, 0.15) is 5.56 Å². The zero-order valence-electron chi connectivity index (χ0n) is 9.07. The molecule has 82 valence electrons. The van der Waals surface area contributed by atoms with Crippen molar-refractivity contribution >= 4 is 0 Å². The molecule has 2 rings (SSSR count). The van der Waals surface area contributed by atoms with Gasteiger partial charge in [0.25, 0.3) is 0 Å². The first kappa shape index (κ1) is 10.4. The van der Waals surface area contributed by atoms with Crippen LogP contribution in [0.4, 0.5) is 0 Å². The van der Waals surface area contributed by atoms with E-state index in [4.69, 9.17) is 4.74 Å². The van der Waals surface area contributed by atoms with Crippen molar-refractivity contribution in [1.29, 1.82) is 0 Å². The Kier molecular flexibility index (Phi) is 3.53. The van der Waals surface area contributed by atoms with Gasteiger partial charge < -0.3 is 10.1 Å². The Morgan fingerprint density at radius 3 is 2.93 bits per heavy atom. The third kappa shape index (κ3) is 2.91. The first-order valence-corrected chi connectivity index (χ1v) is 5.29. The van der Waals surface area contributed by atoms with Gasteiger partial charge >= 0.3 is 0 Å². The lowest BCUT2D eigenvalue weighted by atomic mass is 10.2. The summed E-state index contributed by atoms with van der Waals surface area (Å²) in [6, 6.07) is 2.05. The van der Waals surface area contributed by atoms with Crippen molar-refractivity contribution < 1.29 is 4.74 Å². The van der Waals surface area contributed by atoms with E-state index in [9.17, 15) is 0 Å². The van der Waals surface area contributed by atoms with Crippen LogP contribution in [0, 0.1) is 0 Å². The molecular weight excluding hydrogens is 190 g/mol. The molecule has 0 atom stereocenters. The maximum absolute atomic E-state index is 5.15. The second-order valence-electron chi connectivity index (χ2n) is 3.76. The van der Waals surface area contributed by atoms with E-state index >= 15 is 0 Å². The second-order valence-corrected chi connectivity index (χ2v) is 3.76. The van der Waals surface area contributed by atoms with Crippen LogP contribution >= 0.6 is 0 Å². The minimum absolute atomic E-state index is 0.836. The zero-order chi connectivity index (χ0) is 10.5. The van der Waals surface area contributed by atoms with Crippen LogP contribution < -0.4 is 10.1 Å². The predicted molar refractivity (Wildman–Crippen MR) is 58.9 cm³/mol. The van der Waals surface area contributed by atoms with E-state index in [1.54, 1.807) is 13.3 Å². The molecule has 0 amide bonds. The van der Waals surface area contributed by atoms with E-state index in [0.29, 0.717) is 0 Å². The monoisotopic (exact) mass is 207 g/mol. The Labute approximate surface area is 90.3 Å². The number of aromatic nitrogens is 1. The summed E-state index contributed by atoms with van der Waals surface area (Å²) in [7, 11) is 1.67. The number of hydrogen-bond donors (Lipinski definition) is 1. The van der Waals surface area contributed by atoms with Gasteiger partial charge in [-0.3, -0.25) is 9.88 Å². The maximum Gasteiger partial charge on any atom is 0.137 e. The highest BCUT2D eigenvalue weighted by atomic mass is 16.5. The molecule has 15 heavy (non-hydrogen) atoms. The quantitative estimate of drug-likeness (QED) is 0.783. The van der Waals surface area contributed by atoms with Gasteiger partial charge in [0.1, 0.15) is 5.75 Å². The average Bonchev–Trinajstić information content (AvgIpc) is 2.31. The van der Waals surface area contributed by atoms with Crippen molar-refractivity contribution in [3.8, 4) is 5.75 Å². The largest absolute Gasteiger partial charge is 0.495 e. The summed E-state index contributed by atoms with van der Waals surface area (Å²) < 4.78 is 5.15. The molecule has 1 aromatic heterocycles. The number of methoxy groups -OCH3 is 1. The van der Waals surface area contributed by atoms with Crippen molar-refractivity contribution in [2.24, 2.45) is 0 Å². The molecule has 1 N–H and O–H groups in total. The van der Waals surface area contributed by atoms with Gasteiger partial charge in [-0.15, -0.1) is 0 Å². The molecule has 2 heterocycles. The third-order valence-electron chi connectivity index (χ3n) is 2.62. The lowest BCUT2D eigenvalue weighted by Crippen LogP contribution is -2.42. The van der Waals surface area contributed by atoms with Crippen molar-refractivity contribution in [1.82, 2.24) is 15.2 Å². The molecule has 1 saturated heterocycles. The predicted octanol–water partition coefficient (Wildman–Crippen LogP) is 0.495. The van der Waals surface area contributed by atoms with Gasteiger partial charge in [-0.1, -0.05) is 0 Å². The smallest absolute Gasteiger partial charge is 0.137 e. The average molecular weight is 207 g/mol. The molecule has 0 bridgehead atoms. The van der Waals surface area contributed by atoms with Gasteiger partial charge in [-0.2, -0.15) is 0 Å². The Morgan fingerprint density at radius 1 is 1.40 bits per heavy atom. The minimum atomic E-state index is 0.836. The van der Waals surface area contributed by atoms with Gasteiger partial charge in [0.15, 0.2) is 0 Å². The van der Waals surface area contributed by atoms with E-state index in [1.165, 1.54) is 5.56 Å². The van der Waals surface area contributed by atoms with Gasteiger partial charge in [0.2, 0.25) is 0 Å². The SMILES string of the molecule is COc1cncc(CN2CCNCC2)c1. The van der Waals surface area contributed by atoms with Crippen LogP contribution in [-0.4, -0.2) is 43.2 Å². The van der Waals surface area contributed by atoms with Crippen LogP contribution in [-0.2, 0) is 6.54 Å². The third-order valence-corrected chi connectivity index (χ3v) is 2.62. The number of nitrogens with zero attached hydrogens (tertiary/aromatic N) is 2. The second kappa shape index (κ2) is 5.09. The minimum Gasteiger partial charge on any atom is -0.495 e. The molecule has 1 fully saturated rings. The van der Waals surface area contributed by atoms with Gasteiger partial charge in [0, 0.05) is 38.9 Å². The number of rotatable bonds is 3. The molecule has 4 nitrogen and oxygen atoms in total. The van der Waals surface area contributed by atoms with E-state index in [1.807, 2.05) is 6.20 Å². The zero-order valence-corrected chi connectivity index (χ0v) is 9.07. The molecule has 1 aliphatic heterocycles. The lowest BCUT2D eigenvalue weighted by molar-refractivity contribution is 0.232. The fourth-order valence-corrected chi connectivity index (χ4v) is 1.79. The number of nitrogens with one attached hydrogen (secondary N) is 1. The Morgan fingerprint density at radius 2 is 2.20 bits per heavy atom. The van der Waals surface area contributed by atoms with Gasteiger partial charge in [-0.05, 0) is 11.6 Å². The highest BCUT2D eigenvalue weighted by Crippen LogP contribution is 2.12. The first-order chi connectivity index (χ1) is 7.38. The van der Waals surface area contributed by atoms with Crippen molar-refractivity contribution in [2.75, 3.05) is 33.3 Å². The van der Waals surface area contributed by atoms with Crippen molar-refractivity contribution in [3.05, 3.63) is 24.0 Å². The Hall–Kier alpha value is -1.13. The summed E-state index contributed by atoms with van der Waals surface area (Å²) >= 11 is 0. The molecule has 1 aliphatic rings. The van der Waals surface area contributed by atoms with E-state index in [0.717, 1.165) is 38.5 Å². The summed E-state index contributed by atoms with van der Waals surface area (Å²) in [5, 5.41) is 3.34. The van der Waals surface area contributed by atoms with Crippen molar-refractivity contribution in [3.63, 3.8) is 0 Å². The topological polar surface area (TPSA) is 37.4 Å². The van der Waals surface area contributed by atoms with E-state index < -0.39 is 0 Å². The van der Waals surface area contributed by atoms with Gasteiger partial charge in [-0.25, -0.2) is 0 Å². The molecule has 0 spiro atoms. The molecule has 4 heteroatoms. The first-order valence-electron chi connectivity index (χ1n) is 5.29. The van der Waals surface area contributed by atoms with Crippen LogP contribution in [0.25, 0.3) is 0 Å². The molecule has 0 radical (unpaired) electrons. The summed E-state index contributed by atoms with van der Waals surface area (Å²) in [6.07, 6.45) is 3.64. The van der Waals surface area contributed by atoms with Crippen LogP contribution in [0.2, 0.25) is 0 Å². The highest BCUT2D eigenvalue weighted by Gasteiger charge is 2.10. The summed E-state index contributed by atoms with van der Waals surface area (Å²) in [6.45, 7) is 5.34. The molecule has 0 saturated carbocycles. The van der Waals surface area contributed by atoms with E-state index in [-0.39, 0.29) is 0 Å². The standard InChI is InChI=1S/C11H17N3O/c1-15-11-6-10(7-13-8-11)9-14-4-2-12-3-5-14/h6-8,12H,2-5,9H2,1H3. The lowest BCUT2D eigenvalue weighted by Gasteiger charge is -2.27. The number of piperazine rings is 1. The number of ether oxygens (including phenoxy) is 1. The Balaban J connectivity index is 1.96. The number of hydrogen-bond acceptors (Lipinski definition) is 4. The fourth-order valence-electron chi connectivity index (χ4n) is 1.79. The van der Waals surface area contributed by atoms with Crippen molar-refractivity contribution in [2.45, 2.75) is 6.54 Å². The van der Waals surface area contributed by atoms with E-state index in [2.05, 4.69) is 21.3 Å². The molecule has 0 aliphatic carbocycles. The summed E-state index contributed by atoms with van der Waals surface area (Å²) in [4.78, 5) is 6.58. The van der Waals surface area contributed by atoms with Crippen LogP contribution in [0.5, 0.6) is 5.75 Å². The molecular formula is C11H17N3O. The molecule has 0 aromatic carbocycles. The number of pyridine rings is 1. The van der Waals surface area contributed by atoms with Gasteiger partial charge in [0.05, 0.1) is 13.3 Å². The maximum atomic E-state index is 5.15. The molecule has 1 aromatic rings. The summed E-state index contributed by atoms with van der Waals surface area (Å²) in [5.74, 6) is 0.836. The Bertz CT molecular complexity index is 310. The summed E-state index contributed by atoms with van der Waals surface area (Å²) in [5.41, 5.74) is 1.22. The van der Waals surface area contributed by atoms with Crippen LogP contribution in [0.15, 0.2) is 18.5 Å². The molecule has 0 unspecified atom stereocenters. The highest BCUT2D eigenvalue weighted by molar-refractivity contribution is 5.23.